The third-order valence-electron chi connectivity index (χ3n) is 2.88. The van der Waals surface area contributed by atoms with E-state index in [0.29, 0.717) is 0 Å². The molecule has 4 N–H and O–H groups in total. The molecule has 0 aliphatic heterocycles. The first-order valence-electron chi connectivity index (χ1n) is 8.32. The molecule has 0 fully saturated rings. The fourth-order valence-electron chi connectivity index (χ4n) is 1.31. The van der Waals surface area contributed by atoms with Crippen LogP contribution in [0.3, 0.4) is 0 Å². The zero-order valence-corrected chi connectivity index (χ0v) is 18.2. The minimum absolute atomic E-state index is 0.277. The fraction of sp³-hybridized carbons (Fsp3) is 0.600. The van der Waals surface area contributed by atoms with Crippen molar-refractivity contribution in [1.82, 2.24) is 7.06 Å². The number of hydrogen-bond acceptors (Lipinski definition) is 10. The second-order valence-electron chi connectivity index (χ2n) is 5.45. The van der Waals surface area contributed by atoms with E-state index in [0.717, 1.165) is 0 Å². The first kappa shape index (κ1) is 27.1. The second kappa shape index (κ2) is 15.1. The van der Waals surface area contributed by atoms with Crippen molar-refractivity contribution >= 4 is 36.1 Å². The van der Waals surface area contributed by atoms with Crippen LogP contribution in [0.5, 0.6) is 0 Å². The van der Waals surface area contributed by atoms with Crippen molar-refractivity contribution in [2.75, 3.05) is 19.8 Å². The molecule has 0 aromatic rings. The van der Waals surface area contributed by atoms with Crippen LogP contribution in [-0.2, 0) is 38.1 Å². The van der Waals surface area contributed by atoms with Gasteiger partial charge in [-0.25, -0.2) is 0 Å². The number of carbonyl (C=O) groups excluding carboxylic acids is 4. The fourth-order valence-corrected chi connectivity index (χ4v) is 2.16. The van der Waals surface area contributed by atoms with Gasteiger partial charge in [0.25, 0.3) is 0 Å². The average molecular weight is 549 g/mol. The first-order valence-corrected chi connectivity index (χ1v) is 10.5. The third-order valence-corrected chi connectivity index (χ3v) is 4.30. The Kier molecular flexibility index (Phi) is 13.6. The summed E-state index contributed by atoms with van der Waals surface area (Å²) in [7, 11) is 0. The zero-order valence-electron chi connectivity index (χ0n) is 16.0. The van der Waals surface area contributed by atoms with E-state index in [2.05, 4.69) is 16.5 Å². The van der Waals surface area contributed by atoms with Gasteiger partial charge in [-0.05, 0) is 0 Å². The molecule has 0 aliphatic rings. The molecule has 0 spiro atoms. The van der Waals surface area contributed by atoms with Crippen LogP contribution in [0.2, 0.25) is 0 Å². The number of nitrogens with one attached hydrogen (secondary N) is 2. The van der Waals surface area contributed by atoms with Gasteiger partial charge < -0.3 is 0 Å². The Morgan fingerprint density at radius 3 is 2.07 bits per heavy atom. The Hall–Kier alpha value is -2.85. The van der Waals surface area contributed by atoms with Crippen molar-refractivity contribution in [2.45, 2.75) is 32.8 Å². The van der Waals surface area contributed by atoms with Gasteiger partial charge in [0, 0.05) is 0 Å². The van der Waals surface area contributed by atoms with E-state index >= 15 is 0 Å². The Morgan fingerprint density at radius 1 is 0.867 bits per heavy atom. The molecule has 15 heteroatoms. The van der Waals surface area contributed by atoms with Gasteiger partial charge in [-0.1, -0.05) is 0 Å². The van der Waals surface area contributed by atoms with Crippen LogP contribution < -0.4 is 28.8 Å². The van der Waals surface area contributed by atoms with Gasteiger partial charge in [0.2, 0.25) is 0 Å². The third kappa shape index (κ3) is 14.2. The first-order chi connectivity index (χ1) is 14.0. The summed E-state index contributed by atoms with van der Waals surface area (Å²) in [6, 6.07) is 0. The molecule has 0 saturated carbocycles. The van der Waals surface area contributed by atoms with Crippen LogP contribution in [-0.4, -0.2) is 72.2 Å². The Labute approximate surface area is 181 Å². The molecule has 30 heavy (non-hydrogen) atoms. The Bertz CT molecular complexity index is 641. The van der Waals surface area contributed by atoms with Crippen LogP contribution >= 0.6 is 0 Å². The quantitative estimate of drug-likeness (QED) is 0.0762. The maximum absolute atomic E-state index is 11.6. The molecular weight excluding hydrogens is 527 g/mol. The van der Waals surface area contributed by atoms with Crippen LogP contribution in [0, 0.1) is 5.92 Å². The van der Waals surface area contributed by atoms with Gasteiger partial charge in [0.15, 0.2) is 0 Å². The Morgan fingerprint density at radius 2 is 1.47 bits per heavy atom. The van der Waals surface area contributed by atoms with E-state index < -0.39 is 69.8 Å². The molecule has 2 atom stereocenters. The summed E-state index contributed by atoms with van der Waals surface area (Å²) in [6.45, 7) is 1.58. The predicted molar refractivity (Wildman–Crippen MR) is 89.2 cm³/mol. The van der Waals surface area contributed by atoms with Gasteiger partial charge in [0.1, 0.15) is 0 Å². The van der Waals surface area contributed by atoms with Gasteiger partial charge in [-0.3, -0.25) is 0 Å². The summed E-state index contributed by atoms with van der Waals surface area (Å²) >= 11 is -1.45. The number of ether oxygens (including phenoxy) is 4. The van der Waals surface area contributed by atoms with Crippen molar-refractivity contribution in [2.24, 2.45) is 5.92 Å². The zero-order chi connectivity index (χ0) is 23.1. The number of carbonyl (C=O) groups is 6. The van der Waals surface area contributed by atoms with Crippen LogP contribution in [0.15, 0.2) is 0 Å². The molecule has 2 unspecified atom stereocenters. The summed E-state index contributed by atoms with van der Waals surface area (Å²) in [5.74, 6) is -4.85. The van der Waals surface area contributed by atoms with E-state index in [9.17, 15) is 28.8 Å². The normalized spacial score (nSPS) is 12.1. The summed E-state index contributed by atoms with van der Waals surface area (Å²) in [4.78, 5) is 66.6. The molecule has 0 aromatic carbocycles. The van der Waals surface area contributed by atoms with Crippen LogP contribution in [0.1, 0.15) is 26.7 Å². The SMILES string of the molecule is CC(COC(=O)C(C)OC(=O)N[I-]NC(=O)OCCC(=O)OCCC(=O)O)C(=O)O. The number of carboxylic acid groups (broad SMARTS) is 2. The number of rotatable bonds is 13. The van der Waals surface area contributed by atoms with Gasteiger partial charge >= 0.3 is 181 Å². The molecule has 14 nitrogen and oxygen atoms in total. The van der Waals surface area contributed by atoms with Crippen LogP contribution in [0.25, 0.3) is 0 Å². The molecule has 0 bridgehead atoms. The summed E-state index contributed by atoms with van der Waals surface area (Å²) in [5, 5.41) is 17.1. The van der Waals surface area contributed by atoms with E-state index in [1.807, 2.05) is 0 Å². The van der Waals surface area contributed by atoms with E-state index in [-0.39, 0.29) is 32.7 Å². The predicted octanol–water partition coefficient (Wildman–Crippen LogP) is -3.58. The summed E-state index contributed by atoms with van der Waals surface area (Å²) < 4.78 is 23.1. The minimum atomic E-state index is -1.45. The van der Waals surface area contributed by atoms with Crippen molar-refractivity contribution in [3.8, 4) is 0 Å². The van der Waals surface area contributed by atoms with E-state index in [1.165, 1.54) is 13.8 Å². The molecule has 0 heterocycles. The average Bonchev–Trinajstić information content (AvgIpc) is 2.65. The van der Waals surface area contributed by atoms with E-state index in [4.69, 9.17) is 19.7 Å². The van der Waals surface area contributed by atoms with Crippen molar-refractivity contribution in [1.29, 1.82) is 0 Å². The molecule has 0 rings (SSSR count). The number of carboxylic acids is 2. The monoisotopic (exact) mass is 549 g/mol. The number of halogens is 1. The topological polar surface area (TPSA) is 204 Å². The number of aliphatic carboxylic acids is 2. The Balaban J connectivity index is 3.89. The van der Waals surface area contributed by atoms with Crippen molar-refractivity contribution in [3.05, 3.63) is 0 Å². The van der Waals surface area contributed by atoms with Crippen molar-refractivity contribution in [3.63, 3.8) is 0 Å². The molecular formula is C15H22IN2O12-. The molecule has 0 saturated heterocycles. The summed E-state index contributed by atoms with van der Waals surface area (Å²) in [5.41, 5.74) is 0. The number of esters is 2. The number of hydrogen-bond donors (Lipinski definition) is 4. The van der Waals surface area contributed by atoms with Crippen LogP contribution in [0.4, 0.5) is 9.59 Å². The van der Waals surface area contributed by atoms with E-state index in [1.54, 1.807) is 0 Å². The number of amides is 2. The van der Waals surface area contributed by atoms with Gasteiger partial charge in [0.05, 0.1) is 0 Å². The maximum atomic E-state index is 11.6. The molecule has 172 valence electrons. The second-order valence-corrected chi connectivity index (χ2v) is 7.07. The molecule has 2 amide bonds. The molecule has 0 radical (unpaired) electrons. The standard InChI is InChI=1S/C15H22IN2O12/c1-8(12(22)23)7-29-13(24)9(2)30-15(26)18-16-17-14(25)28-6-4-11(21)27-5-3-10(19)20/h8-9H,3-7H2,1-2H3,(H,17,25)(H,18,26)(H,19,20)(H,22,23)/q-1. The van der Waals surface area contributed by atoms with Gasteiger partial charge in [-0.2, -0.15) is 0 Å². The van der Waals surface area contributed by atoms with Gasteiger partial charge in [-0.15, -0.1) is 0 Å². The molecule has 0 aromatic heterocycles. The van der Waals surface area contributed by atoms with Crippen molar-refractivity contribution < 1.29 is 79.7 Å². The summed E-state index contributed by atoms with van der Waals surface area (Å²) in [6.07, 6.45) is -3.84. The molecule has 0 aliphatic carbocycles.